The van der Waals surface area contributed by atoms with Gasteiger partial charge in [-0.3, -0.25) is 19.2 Å². The van der Waals surface area contributed by atoms with Gasteiger partial charge in [-0.15, -0.1) is 0 Å². The summed E-state index contributed by atoms with van der Waals surface area (Å²) in [7, 11) is 0. The van der Waals surface area contributed by atoms with Gasteiger partial charge < -0.3 is 37.6 Å². The average molecular weight is 393 g/mol. The molecule has 0 saturated carbocycles. The van der Waals surface area contributed by atoms with Crippen LogP contribution in [0.4, 0.5) is 0 Å². The van der Waals surface area contributed by atoms with Crippen LogP contribution in [0.5, 0.6) is 0 Å². The minimum Gasteiger partial charge on any atom is -0.480 e. The number of carbonyl (C=O) groups excluding carboxylic acids is 4. The maximum absolute atomic E-state index is 12.1. The molecule has 0 aliphatic heterocycles. The highest BCUT2D eigenvalue weighted by molar-refractivity contribution is 7.80. The molecule has 0 radical (unpaired) electrons. The zero-order chi connectivity index (χ0) is 20.4. The van der Waals surface area contributed by atoms with Gasteiger partial charge >= 0.3 is 5.97 Å². The Morgan fingerprint density at radius 3 is 1.96 bits per heavy atom. The highest BCUT2D eigenvalue weighted by Gasteiger charge is 2.28. The first kappa shape index (κ1) is 23.6. The van der Waals surface area contributed by atoms with Crippen molar-refractivity contribution < 1.29 is 34.2 Å². The summed E-state index contributed by atoms with van der Waals surface area (Å²) < 4.78 is 0. The van der Waals surface area contributed by atoms with Gasteiger partial charge in [-0.2, -0.15) is 12.6 Å². The van der Waals surface area contributed by atoms with Crippen LogP contribution in [0.2, 0.25) is 0 Å². The zero-order valence-corrected chi connectivity index (χ0v) is 14.9. The fourth-order valence-electron chi connectivity index (χ4n) is 1.63. The van der Waals surface area contributed by atoms with Crippen LogP contribution in [0.25, 0.3) is 0 Å². The van der Waals surface area contributed by atoms with Gasteiger partial charge in [-0.05, 0) is 6.92 Å². The smallest absolute Gasteiger partial charge is 0.326 e. The lowest BCUT2D eigenvalue weighted by atomic mass is 10.1. The molecular formula is C13H23N5O7S. The van der Waals surface area contributed by atoms with Crippen molar-refractivity contribution in [2.45, 2.75) is 37.5 Å². The number of nitrogens with one attached hydrogen (secondary N) is 3. The Kier molecular flexibility index (Phi) is 10.2. The van der Waals surface area contributed by atoms with Gasteiger partial charge in [0.25, 0.3) is 0 Å². The molecule has 26 heavy (non-hydrogen) atoms. The van der Waals surface area contributed by atoms with E-state index in [9.17, 15) is 24.0 Å². The number of thiol groups is 1. The zero-order valence-electron chi connectivity index (χ0n) is 14.0. The Balaban J connectivity index is 4.79. The fraction of sp³-hybridized carbons (Fsp3) is 0.615. The van der Waals surface area contributed by atoms with Crippen LogP contribution in [0, 0.1) is 0 Å². The van der Waals surface area contributed by atoms with Gasteiger partial charge in [-0.25, -0.2) is 4.79 Å². The molecule has 0 fully saturated rings. The first-order valence-electron chi connectivity index (χ1n) is 7.43. The maximum Gasteiger partial charge on any atom is 0.326 e. The summed E-state index contributed by atoms with van der Waals surface area (Å²) >= 11 is 3.91. The molecule has 13 heteroatoms. The van der Waals surface area contributed by atoms with Crippen molar-refractivity contribution in [1.29, 1.82) is 0 Å². The van der Waals surface area contributed by atoms with Crippen molar-refractivity contribution in [3.63, 3.8) is 0 Å². The van der Waals surface area contributed by atoms with E-state index in [1.165, 1.54) is 6.92 Å². The highest BCUT2D eigenvalue weighted by Crippen LogP contribution is 1.96. The van der Waals surface area contributed by atoms with Gasteiger partial charge in [0, 0.05) is 5.75 Å². The summed E-state index contributed by atoms with van der Waals surface area (Å²) in [4.78, 5) is 57.4. The number of nitrogens with two attached hydrogens (primary N) is 2. The molecule has 0 aliphatic carbocycles. The lowest BCUT2D eigenvalue weighted by molar-refractivity contribution is -0.143. The van der Waals surface area contributed by atoms with E-state index in [1.807, 2.05) is 0 Å². The number of primary amides is 1. The van der Waals surface area contributed by atoms with E-state index in [0.29, 0.717) is 0 Å². The quantitative estimate of drug-likeness (QED) is 0.160. The number of aliphatic carboxylic acids is 1. The standard InChI is InChI=1S/C13H23N5O7S/c1-5(10(21)17-7(13(24)25)2-9(15)20)16-12(23)8(4-26)18-11(22)6(14)3-19/h5-8,19,26H,2-4,14H2,1H3,(H2,15,20)(H,16,23)(H,17,21)(H,18,22)(H,24,25). The van der Waals surface area contributed by atoms with Crippen molar-refractivity contribution >= 4 is 42.2 Å². The molecule has 4 unspecified atom stereocenters. The predicted molar refractivity (Wildman–Crippen MR) is 91.8 cm³/mol. The lowest BCUT2D eigenvalue weighted by Gasteiger charge is -2.22. The minimum atomic E-state index is -1.54. The molecule has 0 heterocycles. The van der Waals surface area contributed by atoms with Gasteiger partial charge in [0.1, 0.15) is 24.2 Å². The summed E-state index contributed by atoms with van der Waals surface area (Å²) in [5, 5.41) is 24.3. The fourth-order valence-corrected chi connectivity index (χ4v) is 1.89. The Labute approximate surface area is 154 Å². The van der Waals surface area contributed by atoms with Crippen LogP contribution in [0.3, 0.4) is 0 Å². The predicted octanol–water partition coefficient (Wildman–Crippen LogP) is -4.33. The number of aliphatic hydroxyl groups excluding tert-OH is 1. The van der Waals surface area contributed by atoms with E-state index in [-0.39, 0.29) is 5.75 Å². The van der Waals surface area contributed by atoms with E-state index in [0.717, 1.165) is 0 Å². The van der Waals surface area contributed by atoms with Crippen LogP contribution < -0.4 is 27.4 Å². The normalized spacial score (nSPS) is 15.1. The van der Waals surface area contributed by atoms with Crippen LogP contribution in [-0.2, 0) is 24.0 Å². The van der Waals surface area contributed by atoms with Crippen molar-refractivity contribution in [3.05, 3.63) is 0 Å². The number of carbonyl (C=O) groups is 5. The summed E-state index contributed by atoms with van der Waals surface area (Å²) in [5.41, 5.74) is 10.2. The number of amides is 4. The second kappa shape index (κ2) is 11.3. The van der Waals surface area contributed by atoms with Gasteiger partial charge in [-0.1, -0.05) is 0 Å². The topological polar surface area (TPSA) is 214 Å². The lowest BCUT2D eigenvalue weighted by Crippen LogP contribution is -2.57. The number of hydrogen-bond donors (Lipinski definition) is 8. The van der Waals surface area contributed by atoms with Crippen molar-refractivity contribution in [2.24, 2.45) is 11.5 Å². The third kappa shape index (κ3) is 8.13. The number of carboxylic acids is 1. The maximum atomic E-state index is 12.1. The molecule has 0 aromatic carbocycles. The van der Waals surface area contributed by atoms with Crippen LogP contribution in [0.1, 0.15) is 13.3 Å². The van der Waals surface area contributed by atoms with Gasteiger partial charge in [0.2, 0.25) is 23.6 Å². The van der Waals surface area contributed by atoms with Gasteiger partial charge in [0.05, 0.1) is 13.0 Å². The summed E-state index contributed by atoms with van der Waals surface area (Å²) in [6.45, 7) is 0.648. The van der Waals surface area contributed by atoms with E-state index in [2.05, 4.69) is 28.6 Å². The monoisotopic (exact) mass is 393 g/mol. The third-order valence-corrected chi connectivity index (χ3v) is 3.49. The Bertz CT molecular complexity index is 559. The molecule has 4 atom stereocenters. The molecule has 0 aromatic rings. The largest absolute Gasteiger partial charge is 0.480 e. The molecule has 12 nitrogen and oxygen atoms in total. The van der Waals surface area contributed by atoms with Crippen LogP contribution >= 0.6 is 12.6 Å². The molecule has 0 spiro atoms. The van der Waals surface area contributed by atoms with Crippen molar-refractivity contribution in [3.8, 4) is 0 Å². The number of hydrogen-bond acceptors (Lipinski definition) is 8. The molecular weight excluding hydrogens is 370 g/mol. The van der Waals surface area contributed by atoms with Crippen molar-refractivity contribution in [2.75, 3.05) is 12.4 Å². The number of aliphatic hydroxyl groups is 1. The molecule has 4 amide bonds. The summed E-state index contributed by atoms with van der Waals surface area (Å²) in [6, 6.07) is -5.08. The Morgan fingerprint density at radius 1 is 1.00 bits per heavy atom. The Morgan fingerprint density at radius 2 is 1.54 bits per heavy atom. The molecule has 0 rings (SSSR count). The number of carboxylic acid groups (broad SMARTS) is 1. The number of rotatable bonds is 11. The first-order chi connectivity index (χ1) is 12.0. The van der Waals surface area contributed by atoms with Crippen LogP contribution in [0.15, 0.2) is 0 Å². The molecule has 0 bridgehead atoms. The molecule has 0 aliphatic rings. The van der Waals surface area contributed by atoms with E-state index in [1.54, 1.807) is 0 Å². The van der Waals surface area contributed by atoms with Crippen LogP contribution in [-0.4, -0.2) is 76.3 Å². The Hall–Kier alpha value is -2.38. The van der Waals surface area contributed by atoms with E-state index >= 15 is 0 Å². The van der Waals surface area contributed by atoms with Gasteiger partial charge in [0.15, 0.2) is 0 Å². The summed E-state index contributed by atoms with van der Waals surface area (Å²) in [5.74, 6) is -4.94. The van der Waals surface area contributed by atoms with E-state index < -0.39 is 66.8 Å². The molecule has 0 aromatic heterocycles. The SMILES string of the molecule is CC(NC(=O)C(CS)NC(=O)C(N)CO)C(=O)NC(CC(N)=O)C(=O)O. The minimum absolute atomic E-state index is 0.122. The molecule has 9 N–H and O–H groups in total. The second-order valence-corrected chi connectivity index (χ2v) is 5.70. The molecule has 148 valence electrons. The van der Waals surface area contributed by atoms with E-state index in [4.69, 9.17) is 21.7 Å². The highest BCUT2D eigenvalue weighted by atomic mass is 32.1. The third-order valence-electron chi connectivity index (χ3n) is 3.12. The first-order valence-corrected chi connectivity index (χ1v) is 8.06. The van der Waals surface area contributed by atoms with Crippen molar-refractivity contribution in [1.82, 2.24) is 16.0 Å². The average Bonchev–Trinajstić information content (AvgIpc) is 2.56. The molecule has 0 saturated heterocycles. The summed E-state index contributed by atoms with van der Waals surface area (Å²) in [6.07, 6.45) is -0.615. The second-order valence-electron chi connectivity index (χ2n) is 5.33.